The lowest BCUT2D eigenvalue weighted by Gasteiger charge is -2.26. The van der Waals surface area contributed by atoms with Crippen molar-refractivity contribution >= 4 is 17.4 Å². The first-order valence-corrected chi connectivity index (χ1v) is 7.12. The number of hydrogen-bond donors (Lipinski definition) is 0. The van der Waals surface area contributed by atoms with Crippen LogP contribution in [0.2, 0.25) is 0 Å². The maximum Gasteiger partial charge on any atom is 0.189 e. The van der Waals surface area contributed by atoms with E-state index < -0.39 is 17.9 Å². The summed E-state index contributed by atoms with van der Waals surface area (Å²) in [6.45, 7) is 7.89. The number of rotatable bonds is 2. The first-order valence-electron chi connectivity index (χ1n) is 6.71. The molecule has 0 aromatic rings. The van der Waals surface area contributed by atoms with Gasteiger partial charge in [0.1, 0.15) is 24.4 Å². The highest BCUT2D eigenvalue weighted by atomic mass is 32.1. The summed E-state index contributed by atoms with van der Waals surface area (Å²) < 4.78 is 28.9. The average molecular weight is 301 g/mol. The fraction of sp³-hybridized carbons (Fsp3) is 0.923. The molecule has 3 heterocycles. The third-order valence-corrected chi connectivity index (χ3v) is 3.76. The second-order valence-electron chi connectivity index (χ2n) is 6.15. The Morgan fingerprint density at radius 1 is 1.05 bits per heavy atom. The molecule has 0 unspecified atom stereocenters. The maximum atomic E-state index is 5.93. The molecule has 3 saturated heterocycles. The zero-order valence-corrected chi connectivity index (χ0v) is 12.8. The smallest absolute Gasteiger partial charge is 0.189 e. The van der Waals surface area contributed by atoms with Gasteiger partial charge in [0.25, 0.3) is 0 Å². The fourth-order valence-electron chi connectivity index (χ4n) is 2.91. The molecule has 6 nitrogen and oxygen atoms in total. The standard InChI is InChI=1S/C13H19NO5S/c1-12(2)15-5-7(17-12)9-8(14-6-20)10-11(16-9)19-13(3,4)18-10/h7-11H,5H2,1-4H3/t7-,8-,9-,10-,11-/m1/s1. The summed E-state index contributed by atoms with van der Waals surface area (Å²) in [5.41, 5.74) is 0. The molecule has 0 N–H and O–H groups in total. The SMILES string of the molecule is CC1(C)O[C@H]2O[C@H]([C@H]3COC(C)(C)O3)[C@@H](N=C=S)[C@H]2O1. The fourth-order valence-corrected chi connectivity index (χ4v) is 3.03. The lowest BCUT2D eigenvalue weighted by molar-refractivity contribution is -0.222. The van der Waals surface area contributed by atoms with Gasteiger partial charge >= 0.3 is 0 Å². The van der Waals surface area contributed by atoms with Gasteiger partial charge in [-0.2, -0.15) is 0 Å². The van der Waals surface area contributed by atoms with Crippen LogP contribution in [0.3, 0.4) is 0 Å². The first-order chi connectivity index (χ1) is 9.31. The number of nitrogens with zero attached hydrogens (tertiary/aromatic N) is 1. The molecule has 5 atom stereocenters. The minimum Gasteiger partial charge on any atom is -0.348 e. The molecule has 0 aromatic heterocycles. The number of hydrogen-bond acceptors (Lipinski definition) is 7. The number of ether oxygens (including phenoxy) is 5. The van der Waals surface area contributed by atoms with Crippen LogP contribution >= 0.6 is 12.2 Å². The van der Waals surface area contributed by atoms with Crippen LogP contribution < -0.4 is 0 Å². The van der Waals surface area contributed by atoms with Crippen LogP contribution in [-0.4, -0.2) is 54.0 Å². The van der Waals surface area contributed by atoms with E-state index in [1.165, 1.54) is 0 Å². The average Bonchev–Trinajstić information content (AvgIpc) is 2.91. The Morgan fingerprint density at radius 2 is 1.80 bits per heavy atom. The van der Waals surface area contributed by atoms with Gasteiger partial charge in [-0.3, -0.25) is 0 Å². The molecule has 20 heavy (non-hydrogen) atoms. The summed E-state index contributed by atoms with van der Waals surface area (Å²) in [6, 6.07) is -0.290. The van der Waals surface area contributed by atoms with E-state index in [0.717, 1.165) is 0 Å². The van der Waals surface area contributed by atoms with E-state index in [4.69, 9.17) is 35.9 Å². The van der Waals surface area contributed by atoms with Gasteiger partial charge in [0, 0.05) is 0 Å². The van der Waals surface area contributed by atoms with Crippen LogP contribution in [0.15, 0.2) is 4.99 Å². The topological polar surface area (TPSA) is 58.5 Å². The summed E-state index contributed by atoms with van der Waals surface area (Å²) >= 11 is 4.74. The van der Waals surface area contributed by atoms with E-state index in [0.29, 0.717) is 6.61 Å². The Morgan fingerprint density at radius 3 is 2.40 bits per heavy atom. The third-order valence-electron chi connectivity index (χ3n) is 3.65. The van der Waals surface area contributed by atoms with Gasteiger partial charge in [-0.05, 0) is 39.9 Å². The molecule has 0 saturated carbocycles. The summed E-state index contributed by atoms with van der Waals surface area (Å²) in [4.78, 5) is 4.20. The van der Waals surface area contributed by atoms with Crippen LogP contribution in [0.25, 0.3) is 0 Å². The zero-order valence-electron chi connectivity index (χ0n) is 12.0. The highest BCUT2D eigenvalue weighted by Gasteiger charge is 2.58. The number of aliphatic imine (C=N–C) groups is 1. The van der Waals surface area contributed by atoms with Crippen molar-refractivity contribution in [1.82, 2.24) is 0 Å². The van der Waals surface area contributed by atoms with Crippen molar-refractivity contribution in [3.8, 4) is 0 Å². The largest absolute Gasteiger partial charge is 0.348 e. The molecule has 112 valence electrons. The van der Waals surface area contributed by atoms with Crippen molar-refractivity contribution in [2.24, 2.45) is 4.99 Å². The van der Waals surface area contributed by atoms with Crippen molar-refractivity contribution in [2.45, 2.75) is 69.9 Å². The highest BCUT2D eigenvalue weighted by Crippen LogP contribution is 2.41. The first kappa shape index (κ1) is 14.5. The summed E-state index contributed by atoms with van der Waals surface area (Å²) in [6.07, 6.45) is -1.28. The van der Waals surface area contributed by atoms with E-state index in [2.05, 4.69) is 10.2 Å². The Kier molecular flexibility index (Phi) is 3.50. The predicted molar refractivity (Wildman–Crippen MR) is 72.4 cm³/mol. The van der Waals surface area contributed by atoms with Gasteiger partial charge in [0.2, 0.25) is 0 Å². The Balaban J connectivity index is 1.78. The lowest BCUT2D eigenvalue weighted by Crippen LogP contribution is -2.41. The molecular weight excluding hydrogens is 282 g/mol. The maximum absolute atomic E-state index is 5.93. The van der Waals surface area contributed by atoms with Crippen LogP contribution in [0, 0.1) is 0 Å². The van der Waals surface area contributed by atoms with Gasteiger partial charge in [-0.15, -0.1) is 0 Å². The van der Waals surface area contributed by atoms with E-state index in [-0.39, 0.29) is 24.4 Å². The number of thiocarbonyl (C=S) groups is 1. The molecule has 7 heteroatoms. The summed E-state index contributed by atoms with van der Waals surface area (Å²) in [5.74, 6) is -1.29. The van der Waals surface area contributed by atoms with Gasteiger partial charge in [0.05, 0.1) is 11.8 Å². The molecule has 3 rings (SSSR count). The number of fused-ring (bicyclic) bond motifs is 1. The summed E-state index contributed by atoms with van der Waals surface area (Å²) in [5, 5.41) is 2.42. The minimum absolute atomic E-state index is 0.219. The molecule has 0 aromatic carbocycles. The van der Waals surface area contributed by atoms with Gasteiger partial charge in [0.15, 0.2) is 17.9 Å². The van der Waals surface area contributed by atoms with Gasteiger partial charge in [-0.25, -0.2) is 4.99 Å². The third kappa shape index (κ3) is 2.55. The van der Waals surface area contributed by atoms with Crippen molar-refractivity contribution in [3.63, 3.8) is 0 Å². The zero-order chi connectivity index (χ0) is 14.5. The molecule has 0 spiro atoms. The molecule has 0 amide bonds. The molecule has 3 fully saturated rings. The van der Waals surface area contributed by atoms with Crippen LogP contribution in [-0.2, 0) is 23.7 Å². The van der Waals surface area contributed by atoms with Crippen LogP contribution in [0.5, 0.6) is 0 Å². The van der Waals surface area contributed by atoms with Crippen LogP contribution in [0.1, 0.15) is 27.7 Å². The van der Waals surface area contributed by atoms with Crippen molar-refractivity contribution in [2.75, 3.05) is 6.61 Å². The predicted octanol–water partition coefficient (Wildman–Crippen LogP) is 1.49. The second-order valence-corrected chi connectivity index (χ2v) is 6.33. The monoisotopic (exact) mass is 301 g/mol. The van der Waals surface area contributed by atoms with Gasteiger partial charge in [-0.1, -0.05) is 0 Å². The Bertz CT molecular complexity index is 448. The second kappa shape index (κ2) is 4.81. The van der Waals surface area contributed by atoms with E-state index in [9.17, 15) is 0 Å². The van der Waals surface area contributed by atoms with Crippen LogP contribution in [0.4, 0.5) is 0 Å². The Hall–Kier alpha value is -0.400. The molecule has 0 bridgehead atoms. The molecule has 3 aliphatic rings. The van der Waals surface area contributed by atoms with E-state index in [1.54, 1.807) is 0 Å². The van der Waals surface area contributed by atoms with Crippen molar-refractivity contribution < 1.29 is 23.7 Å². The summed E-state index contributed by atoms with van der Waals surface area (Å²) in [7, 11) is 0. The lowest BCUT2D eigenvalue weighted by atomic mass is 10.0. The molecular formula is C13H19NO5S. The minimum atomic E-state index is -0.679. The molecule has 3 aliphatic heterocycles. The highest BCUT2D eigenvalue weighted by molar-refractivity contribution is 7.78. The van der Waals surface area contributed by atoms with E-state index >= 15 is 0 Å². The number of isothiocyanates is 1. The van der Waals surface area contributed by atoms with Crippen molar-refractivity contribution in [3.05, 3.63) is 0 Å². The van der Waals surface area contributed by atoms with E-state index in [1.807, 2.05) is 27.7 Å². The quantitative estimate of drug-likeness (QED) is 0.569. The molecule has 0 aliphatic carbocycles. The van der Waals surface area contributed by atoms with Crippen molar-refractivity contribution in [1.29, 1.82) is 0 Å². The molecule has 0 radical (unpaired) electrons. The Labute approximate surface area is 123 Å². The van der Waals surface area contributed by atoms with Gasteiger partial charge < -0.3 is 23.7 Å². The normalized spacial score (nSPS) is 45.1.